The first-order valence-corrected chi connectivity index (χ1v) is 7.15. The summed E-state index contributed by atoms with van der Waals surface area (Å²) >= 11 is 0. The van der Waals surface area contributed by atoms with Gasteiger partial charge in [-0.25, -0.2) is 4.98 Å². The van der Waals surface area contributed by atoms with Gasteiger partial charge in [0.2, 0.25) is 0 Å². The molecule has 0 saturated carbocycles. The third kappa shape index (κ3) is 3.12. The van der Waals surface area contributed by atoms with Crippen LogP contribution >= 0.6 is 0 Å². The van der Waals surface area contributed by atoms with Crippen molar-refractivity contribution in [3.05, 3.63) is 17.2 Å². The maximum absolute atomic E-state index is 4.77. The molecule has 2 rings (SSSR count). The highest BCUT2D eigenvalue weighted by Crippen LogP contribution is 2.17. The minimum atomic E-state index is 0.951. The fourth-order valence-corrected chi connectivity index (χ4v) is 2.66. The number of nitrogens with zero attached hydrogens (tertiary/aromatic N) is 3. The second kappa shape index (κ2) is 6.34. The largest absolute Gasteiger partial charge is 0.332 e. The number of hydrogen-bond acceptors (Lipinski definition) is 3. The molecule has 4 heteroatoms. The quantitative estimate of drug-likeness (QED) is 0.776. The van der Waals surface area contributed by atoms with Crippen LogP contribution in [0, 0.1) is 0 Å². The van der Waals surface area contributed by atoms with Crippen LogP contribution in [-0.4, -0.2) is 41.6 Å². The summed E-state index contributed by atoms with van der Waals surface area (Å²) in [5, 5.41) is 3.41. The lowest BCUT2D eigenvalue weighted by Crippen LogP contribution is -2.25. The predicted octanol–water partition coefficient (Wildman–Crippen LogP) is 1.43. The summed E-state index contributed by atoms with van der Waals surface area (Å²) in [5.74, 6) is 1.27. The first kappa shape index (κ1) is 13.6. The van der Waals surface area contributed by atoms with Crippen molar-refractivity contribution < 1.29 is 0 Å². The zero-order valence-corrected chi connectivity index (χ0v) is 12.0. The molecular weight excluding hydrogens is 224 g/mol. The molecule has 0 radical (unpaired) electrons. The molecule has 0 fully saturated rings. The fourth-order valence-electron chi connectivity index (χ4n) is 2.66. The van der Waals surface area contributed by atoms with Crippen LogP contribution in [0.1, 0.15) is 37.0 Å². The second-order valence-electron chi connectivity index (χ2n) is 5.36. The Hall–Kier alpha value is -0.870. The first-order valence-electron chi connectivity index (χ1n) is 7.15. The molecule has 1 aromatic rings. The van der Waals surface area contributed by atoms with Crippen LogP contribution in [0.15, 0.2) is 0 Å². The van der Waals surface area contributed by atoms with Crippen molar-refractivity contribution in [1.82, 2.24) is 19.8 Å². The van der Waals surface area contributed by atoms with Crippen molar-refractivity contribution in [2.75, 3.05) is 27.2 Å². The third-order valence-corrected chi connectivity index (χ3v) is 3.62. The Morgan fingerprint density at radius 3 is 2.89 bits per heavy atom. The van der Waals surface area contributed by atoms with E-state index in [-0.39, 0.29) is 0 Å². The standard InChI is InChI=1S/C14H26N4/c1-4-14-16-12-11-15-8-7-13(12)18(14)10-6-5-9-17(2)3/h15H,4-11H2,1-3H3. The van der Waals surface area contributed by atoms with Crippen molar-refractivity contribution in [1.29, 1.82) is 0 Å². The maximum atomic E-state index is 4.77. The highest BCUT2D eigenvalue weighted by Gasteiger charge is 2.18. The van der Waals surface area contributed by atoms with Crippen molar-refractivity contribution >= 4 is 0 Å². The number of rotatable bonds is 6. The lowest BCUT2D eigenvalue weighted by molar-refractivity contribution is 0.385. The monoisotopic (exact) mass is 250 g/mol. The molecule has 0 saturated heterocycles. The van der Waals surface area contributed by atoms with Crippen LogP contribution < -0.4 is 5.32 Å². The zero-order valence-electron chi connectivity index (χ0n) is 12.0. The molecule has 1 aliphatic heterocycles. The minimum absolute atomic E-state index is 0.951. The summed E-state index contributed by atoms with van der Waals surface area (Å²) in [6.07, 6.45) is 4.69. The number of hydrogen-bond donors (Lipinski definition) is 1. The Kier molecular flexibility index (Phi) is 4.78. The van der Waals surface area contributed by atoms with Crippen LogP contribution in [0.2, 0.25) is 0 Å². The van der Waals surface area contributed by atoms with E-state index >= 15 is 0 Å². The van der Waals surface area contributed by atoms with Gasteiger partial charge in [-0.1, -0.05) is 6.92 Å². The molecule has 0 aliphatic carbocycles. The molecule has 0 bridgehead atoms. The Bertz CT molecular complexity index is 381. The number of aromatic nitrogens is 2. The van der Waals surface area contributed by atoms with E-state index in [1.165, 1.54) is 36.6 Å². The van der Waals surface area contributed by atoms with E-state index in [1.54, 1.807) is 0 Å². The number of aryl methyl sites for hydroxylation is 1. The normalized spacial score (nSPS) is 15.1. The Labute approximate surface area is 110 Å². The molecule has 102 valence electrons. The number of unbranched alkanes of at least 4 members (excludes halogenated alkanes) is 1. The molecule has 0 amide bonds. The minimum Gasteiger partial charge on any atom is -0.332 e. The van der Waals surface area contributed by atoms with Crippen molar-refractivity contribution in [3.63, 3.8) is 0 Å². The van der Waals surface area contributed by atoms with Crippen LogP contribution in [0.4, 0.5) is 0 Å². The summed E-state index contributed by atoms with van der Waals surface area (Å²) in [5.41, 5.74) is 2.76. The SMILES string of the molecule is CCc1nc2c(n1CCCCN(C)C)CCNC2. The Morgan fingerprint density at radius 1 is 1.33 bits per heavy atom. The van der Waals surface area contributed by atoms with E-state index in [9.17, 15) is 0 Å². The van der Waals surface area contributed by atoms with Gasteiger partial charge in [-0.2, -0.15) is 0 Å². The van der Waals surface area contributed by atoms with Crippen LogP contribution in [0.25, 0.3) is 0 Å². The molecule has 1 aromatic heterocycles. The summed E-state index contributed by atoms with van der Waals surface area (Å²) in [7, 11) is 4.28. The van der Waals surface area contributed by atoms with Crippen LogP contribution in [-0.2, 0) is 25.9 Å². The van der Waals surface area contributed by atoms with E-state index in [0.29, 0.717) is 0 Å². The van der Waals surface area contributed by atoms with Crippen molar-refractivity contribution in [2.45, 2.75) is 45.7 Å². The maximum Gasteiger partial charge on any atom is 0.108 e. The predicted molar refractivity (Wildman–Crippen MR) is 74.8 cm³/mol. The Balaban J connectivity index is 1.99. The smallest absolute Gasteiger partial charge is 0.108 e. The van der Waals surface area contributed by atoms with Gasteiger partial charge in [0.25, 0.3) is 0 Å². The highest BCUT2D eigenvalue weighted by molar-refractivity contribution is 5.20. The van der Waals surface area contributed by atoms with Gasteiger partial charge >= 0.3 is 0 Å². The second-order valence-corrected chi connectivity index (χ2v) is 5.36. The van der Waals surface area contributed by atoms with Gasteiger partial charge in [0, 0.05) is 38.2 Å². The lowest BCUT2D eigenvalue weighted by Gasteiger charge is -2.16. The van der Waals surface area contributed by atoms with E-state index in [1.807, 2.05) is 0 Å². The lowest BCUT2D eigenvalue weighted by atomic mass is 10.2. The molecular formula is C14H26N4. The third-order valence-electron chi connectivity index (χ3n) is 3.62. The van der Waals surface area contributed by atoms with Gasteiger partial charge < -0.3 is 14.8 Å². The molecule has 4 nitrogen and oxygen atoms in total. The fraction of sp³-hybridized carbons (Fsp3) is 0.786. The first-order chi connectivity index (χ1) is 8.72. The van der Waals surface area contributed by atoms with E-state index < -0.39 is 0 Å². The van der Waals surface area contributed by atoms with Gasteiger partial charge in [0.1, 0.15) is 5.82 Å². The van der Waals surface area contributed by atoms with Crippen LogP contribution in [0.3, 0.4) is 0 Å². The number of nitrogens with one attached hydrogen (secondary N) is 1. The average Bonchev–Trinajstić information content (AvgIpc) is 2.72. The van der Waals surface area contributed by atoms with E-state index in [4.69, 9.17) is 4.98 Å². The van der Waals surface area contributed by atoms with Gasteiger partial charge in [0.05, 0.1) is 5.69 Å². The molecule has 0 unspecified atom stereocenters. The summed E-state index contributed by atoms with van der Waals surface area (Å²) in [4.78, 5) is 7.03. The van der Waals surface area contributed by atoms with E-state index in [2.05, 4.69) is 35.8 Å². The molecule has 0 aromatic carbocycles. The zero-order chi connectivity index (χ0) is 13.0. The van der Waals surface area contributed by atoms with Gasteiger partial charge in [-0.05, 0) is 33.5 Å². The summed E-state index contributed by atoms with van der Waals surface area (Å²) in [6.45, 7) is 6.57. The molecule has 2 heterocycles. The van der Waals surface area contributed by atoms with Gasteiger partial charge in [-0.3, -0.25) is 0 Å². The number of fused-ring (bicyclic) bond motifs is 1. The van der Waals surface area contributed by atoms with Crippen molar-refractivity contribution in [2.24, 2.45) is 0 Å². The Morgan fingerprint density at radius 2 is 2.17 bits per heavy atom. The van der Waals surface area contributed by atoms with E-state index in [0.717, 1.165) is 32.5 Å². The molecule has 18 heavy (non-hydrogen) atoms. The summed E-state index contributed by atoms with van der Waals surface area (Å²) in [6, 6.07) is 0. The number of imidazole rings is 1. The van der Waals surface area contributed by atoms with Crippen LogP contribution in [0.5, 0.6) is 0 Å². The molecule has 0 atom stereocenters. The topological polar surface area (TPSA) is 33.1 Å². The van der Waals surface area contributed by atoms with Gasteiger partial charge in [0.15, 0.2) is 0 Å². The molecule has 0 spiro atoms. The summed E-state index contributed by atoms with van der Waals surface area (Å²) < 4.78 is 2.48. The highest BCUT2D eigenvalue weighted by atomic mass is 15.1. The van der Waals surface area contributed by atoms with Crippen molar-refractivity contribution in [3.8, 4) is 0 Å². The molecule has 1 aliphatic rings. The average molecular weight is 250 g/mol. The van der Waals surface area contributed by atoms with Gasteiger partial charge in [-0.15, -0.1) is 0 Å². The molecule has 1 N–H and O–H groups in total.